The first-order valence-electron chi connectivity index (χ1n) is 4.14. The average Bonchev–Trinajstić information content (AvgIpc) is 1.99. The van der Waals surface area contributed by atoms with Crippen molar-refractivity contribution in [3.63, 3.8) is 0 Å². The van der Waals surface area contributed by atoms with Crippen LogP contribution in [0, 0.1) is 5.92 Å². The summed E-state index contributed by atoms with van der Waals surface area (Å²) in [6.45, 7) is 6.58. The van der Waals surface area contributed by atoms with E-state index < -0.39 is 0 Å². The normalized spacial score (nSPS) is 15.0. The highest BCUT2D eigenvalue weighted by atomic mass is 14.4. The standard InChI is InChI=1S/C8H18BN/c1-4-7(3)6-8(5-2)9-10/h6-7,9H,4-5,10H2,1-3H3/b8-6-/t7-/m1/s1. The molecule has 0 fully saturated rings. The largest absolute Gasteiger partial charge is 0.369 e. The third-order valence-electron chi connectivity index (χ3n) is 1.88. The van der Waals surface area contributed by atoms with E-state index in [1.165, 1.54) is 11.9 Å². The Balaban J connectivity index is 3.83. The molecule has 0 radical (unpaired) electrons. The average molecular weight is 139 g/mol. The Morgan fingerprint density at radius 2 is 2.20 bits per heavy atom. The lowest BCUT2D eigenvalue weighted by Gasteiger charge is -2.04. The Bertz CT molecular complexity index is 104. The Hall–Kier alpha value is -0.235. The lowest BCUT2D eigenvalue weighted by Crippen LogP contribution is -2.09. The van der Waals surface area contributed by atoms with Gasteiger partial charge in [0.1, 0.15) is 0 Å². The van der Waals surface area contributed by atoms with Crippen LogP contribution in [0.3, 0.4) is 0 Å². The lowest BCUT2D eigenvalue weighted by atomic mass is 9.80. The molecule has 2 heteroatoms. The summed E-state index contributed by atoms with van der Waals surface area (Å²) in [6.07, 6.45) is 4.60. The zero-order valence-corrected chi connectivity index (χ0v) is 7.35. The van der Waals surface area contributed by atoms with Gasteiger partial charge in [0.2, 0.25) is 7.41 Å². The van der Waals surface area contributed by atoms with Gasteiger partial charge in [0, 0.05) is 0 Å². The molecule has 0 heterocycles. The van der Waals surface area contributed by atoms with Gasteiger partial charge in [-0.25, -0.2) is 0 Å². The van der Waals surface area contributed by atoms with Gasteiger partial charge in [-0.05, 0) is 12.3 Å². The molecule has 0 rings (SSSR count). The van der Waals surface area contributed by atoms with Gasteiger partial charge in [0.25, 0.3) is 0 Å². The molecule has 0 saturated heterocycles. The van der Waals surface area contributed by atoms with Gasteiger partial charge in [-0.2, -0.15) is 0 Å². The van der Waals surface area contributed by atoms with E-state index in [0.29, 0.717) is 5.92 Å². The van der Waals surface area contributed by atoms with Crippen LogP contribution in [-0.2, 0) is 0 Å². The van der Waals surface area contributed by atoms with Crippen LogP contribution in [-0.4, -0.2) is 7.41 Å². The molecule has 0 bridgehead atoms. The predicted molar refractivity (Wildman–Crippen MR) is 49.2 cm³/mol. The minimum Gasteiger partial charge on any atom is -0.369 e. The molecule has 0 aromatic rings. The van der Waals surface area contributed by atoms with Crippen LogP contribution in [0.25, 0.3) is 0 Å². The van der Waals surface area contributed by atoms with Crippen molar-refractivity contribution in [2.45, 2.75) is 33.6 Å². The van der Waals surface area contributed by atoms with Crippen molar-refractivity contribution in [2.24, 2.45) is 11.6 Å². The number of hydrogen-bond acceptors (Lipinski definition) is 1. The molecule has 0 spiro atoms. The highest BCUT2D eigenvalue weighted by Crippen LogP contribution is 2.07. The second-order valence-electron chi connectivity index (χ2n) is 2.77. The van der Waals surface area contributed by atoms with Crippen LogP contribution in [0.2, 0.25) is 0 Å². The maximum atomic E-state index is 5.52. The highest BCUT2D eigenvalue weighted by molar-refractivity contribution is 6.41. The molecule has 0 aromatic heterocycles. The zero-order chi connectivity index (χ0) is 7.98. The van der Waals surface area contributed by atoms with Gasteiger partial charge in [0.05, 0.1) is 0 Å². The van der Waals surface area contributed by atoms with Crippen molar-refractivity contribution in [1.82, 2.24) is 0 Å². The van der Waals surface area contributed by atoms with Crippen LogP contribution in [0.15, 0.2) is 11.5 Å². The topological polar surface area (TPSA) is 26.0 Å². The fourth-order valence-corrected chi connectivity index (χ4v) is 0.850. The van der Waals surface area contributed by atoms with Gasteiger partial charge in [-0.15, -0.1) is 0 Å². The third-order valence-corrected chi connectivity index (χ3v) is 1.88. The van der Waals surface area contributed by atoms with Crippen LogP contribution < -0.4 is 5.64 Å². The molecule has 10 heavy (non-hydrogen) atoms. The molecule has 58 valence electrons. The molecule has 0 amide bonds. The fourth-order valence-electron chi connectivity index (χ4n) is 0.850. The summed E-state index contributed by atoms with van der Waals surface area (Å²) in [5.41, 5.74) is 6.90. The second-order valence-corrected chi connectivity index (χ2v) is 2.77. The first kappa shape index (κ1) is 9.76. The molecule has 0 aliphatic carbocycles. The zero-order valence-electron chi connectivity index (χ0n) is 7.35. The first-order chi connectivity index (χ1) is 4.74. The molecule has 0 saturated carbocycles. The van der Waals surface area contributed by atoms with Crippen molar-refractivity contribution in [3.8, 4) is 0 Å². The van der Waals surface area contributed by atoms with E-state index in [9.17, 15) is 0 Å². The van der Waals surface area contributed by atoms with E-state index in [2.05, 4.69) is 26.8 Å². The number of rotatable bonds is 4. The summed E-state index contributed by atoms with van der Waals surface area (Å²) < 4.78 is 0. The maximum absolute atomic E-state index is 5.52. The van der Waals surface area contributed by atoms with E-state index in [1.807, 2.05) is 0 Å². The van der Waals surface area contributed by atoms with Gasteiger partial charge >= 0.3 is 0 Å². The van der Waals surface area contributed by atoms with Crippen LogP contribution in [0.4, 0.5) is 0 Å². The van der Waals surface area contributed by atoms with Crippen LogP contribution in [0.1, 0.15) is 33.6 Å². The van der Waals surface area contributed by atoms with E-state index in [4.69, 9.17) is 5.64 Å². The Labute approximate surface area is 65.0 Å². The van der Waals surface area contributed by atoms with Crippen molar-refractivity contribution in [2.75, 3.05) is 0 Å². The molecule has 0 aliphatic rings. The van der Waals surface area contributed by atoms with E-state index >= 15 is 0 Å². The second kappa shape index (κ2) is 5.54. The Kier molecular flexibility index (Phi) is 5.41. The van der Waals surface area contributed by atoms with Crippen molar-refractivity contribution >= 4 is 7.41 Å². The summed E-state index contributed by atoms with van der Waals surface area (Å²) in [5, 5.41) is 0. The molecular formula is C8H18BN. The maximum Gasteiger partial charge on any atom is 0.228 e. The number of nitrogens with two attached hydrogens (primary N) is 1. The summed E-state index contributed by atoms with van der Waals surface area (Å²) in [5.74, 6) is 0.693. The molecule has 0 aliphatic heterocycles. The van der Waals surface area contributed by atoms with E-state index in [1.54, 1.807) is 0 Å². The molecule has 1 nitrogen and oxygen atoms in total. The molecule has 0 unspecified atom stereocenters. The van der Waals surface area contributed by atoms with E-state index in [0.717, 1.165) is 13.8 Å². The highest BCUT2D eigenvalue weighted by Gasteiger charge is 1.96. The molecular weight excluding hydrogens is 121 g/mol. The fraction of sp³-hybridized carbons (Fsp3) is 0.750. The van der Waals surface area contributed by atoms with Gasteiger partial charge in [0.15, 0.2) is 0 Å². The van der Waals surface area contributed by atoms with Crippen molar-refractivity contribution < 1.29 is 0 Å². The molecule has 1 atom stereocenters. The quantitative estimate of drug-likeness (QED) is 0.588. The SMILES string of the molecule is CC/C(BN)=C/[C@H](C)CC. The Morgan fingerprint density at radius 1 is 1.60 bits per heavy atom. The van der Waals surface area contributed by atoms with E-state index in [-0.39, 0.29) is 0 Å². The summed E-state index contributed by atoms with van der Waals surface area (Å²) in [6, 6.07) is 0. The van der Waals surface area contributed by atoms with Crippen molar-refractivity contribution in [3.05, 3.63) is 11.5 Å². The predicted octanol–water partition coefficient (Wildman–Crippen LogP) is 1.64. The summed E-state index contributed by atoms with van der Waals surface area (Å²) in [4.78, 5) is 0. The number of hydrogen-bond donors (Lipinski definition) is 1. The minimum atomic E-state index is 0.693. The third kappa shape index (κ3) is 3.73. The molecule has 0 aromatic carbocycles. The Morgan fingerprint density at radius 3 is 2.50 bits per heavy atom. The number of allylic oxidation sites excluding steroid dienone is 2. The summed E-state index contributed by atoms with van der Waals surface area (Å²) in [7, 11) is 0.723. The minimum absolute atomic E-state index is 0.693. The first-order valence-corrected chi connectivity index (χ1v) is 4.14. The van der Waals surface area contributed by atoms with Crippen LogP contribution >= 0.6 is 0 Å². The van der Waals surface area contributed by atoms with Crippen molar-refractivity contribution in [1.29, 1.82) is 0 Å². The van der Waals surface area contributed by atoms with Gasteiger partial charge in [-0.3, -0.25) is 0 Å². The van der Waals surface area contributed by atoms with Gasteiger partial charge < -0.3 is 5.64 Å². The van der Waals surface area contributed by atoms with Gasteiger partial charge in [-0.1, -0.05) is 38.7 Å². The smallest absolute Gasteiger partial charge is 0.228 e. The van der Waals surface area contributed by atoms with Crippen LogP contribution in [0.5, 0.6) is 0 Å². The lowest BCUT2D eigenvalue weighted by molar-refractivity contribution is 0.693. The summed E-state index contributed by atoms with van der Waals surface area (Å²) >= 11 is 0. The molecule has 2 N–H and O–H groups in total. The monoisotopic (exact) mass is 139 g/mol.